The van der Waals surface area contributed by atoms with Gasteiger partial charge in [0.15, 0.2) is 12.2 Å². The zero-order chi connectivity index (χ0) is 74.6. The topological polar surface area (TPSA) is 237 Å². The van der Waals surface area contributed by atoms with Gasteiger partial charge in [0.25, 0.3) is 0 Å². The largest absolute Gasteiger partial charge is 0.472 e. The summed E-state index contributed by atoms with van der Waals surface area (Å²) in [5, 5.41) is 10.6. The molecule has 0 amide bonds. The monoisotopic (exact) mass is 1460 g/mol. The van der Waals surface area contributed by atoms with Crippen LogP contribution in [0.3, 0.4) is 0 Å². The van der Waals surface area contributed by atoms with Crippen molar-refractivity contribution in [2.45, 2.75) is 277 Å². The summed E-state index contributed by atoms with van der Waals surface area (Å²) in [6, 6.07) is 0. The van der Waals surface area contributed by atoms with Gasteiger partial charge in [0, 0.05) is 19.3 Å². The molecule has 0 aromatic heterocycles. The summed E-state index contributed by atoms with van der Waals surface area (Å²) in [5.74, 6) is -2.42. The molecule has 0 aliphatic heterocycles. The molecule has 0 fully saturated rings. The number of unbranched alkanes of at least 4 members (excludes halogenated alkanes) is 14. The number of allylic oxidation sites excluding steroid dienone is 29. The summed E-state index contributed by atoms with van der Waals surface area (Å²) >= 11 is 0. The minimum Gasteiger partial charge on any atom is -0.462 e. The molecular formula is C83H132O17P2. The van der Waals surface area contributed by atoms with Crippen LogP contribution in [0.5, 0.6) is 0 Å². The molecule has 576 valence electrons. The molecule has 17 nitrogen and oxygen atoms in total. The molecule has 102 heavy (non-hydrogen) atoms. The Bertz CT molecular complexity index is 2650. The van der Waals surface area contributed by atoms with E-state index in [1.54, 1.807) is 6.08 Å². The van der Waals surface area contributed by atoms with E-state index < -0.39 is 97.5 Å². The fourth-order valence-corrected chi connectivity index (χ4v) is 10.8. The van der Waals surface area contributed by atoms with Gasteiger partial charge in [-0.3, -0.25) is 37.3 Å². The lowest BCUT2D eigenvalue weighted by atomic mass is 10.1. The summed E-state index contributed by atoms with van der Waals surface area (Å²) in [5.41, 5.74) is 0. The molecule has 5 unspecified atom stereocenters. The van der Waals surface area contributed by atoms with Gasteiger partial charge in [-0.25, -0.2) is 9.13 Å². The second-order valence-corrected chi connectivity index (χ2v) is 27.4. The summed E-state index contributed by atoms with van der Waals surface area (Å²) in [6.07, 6.45) is 87.8. The number of aliphatic hydroxyl groups is 1. The maximum atomic E-state index is 13.1. The van der Waals surface area contributed by atoms with Crippen molar-refractivity contribution in [1.82, 2.24) is 0 Å². The van der Waals surface area contributed by atoms with E-state index in [-0.39, 0.29) is 25.7 Å². The van der Waals surface area contributed by atoms with Crippen LogP contribution in [0.1, 0.15) is 259 Å². The first kappa shape index (κ1) is 96.2. The predicted molar refractivity (Wildman–Crippen MR) is 417 cm³/mol. The number of carbonyl (C=O) groups is 4. The number of esters is 4. The molecule has 19 heteroatoms. The van der Waals surface area contributed by atoms with E-state index in [0.29, 0.717) is 32.1 Å². The maximum absolute atomic E-state index is 13.1. The SMILES string of the molecule is CC/C=C\C/C=C\C/C=C\C/C=C\C/C=C\CC(=O)OCC(COP(=O)(O)OCC(O)COP(=O)(O)OCC(COC(=O)CCCCCCCC/C=C\C/C=C\C/C=C\C/C=C\CC)OC(=O)CCCC/C=C\C/C=C\C/C=C\C/C=C\CC)OC(=O)CCCCCCC/C=C\C/C=C\CCC. The van der Waals surface area contributed by atoms with E-state index in [4.69, 9.17) is 37.0 Å². The molecule has 0 bridgehead atoms. The van der Waals surface area contributed by atoms with E-state index in [0.717, 1.165) is 173 Å². The van der Waals surface area contributed by atoms with Gasteiger partial charge in [-0.05, 0) is 154 Å². The number of rotatable bonds is 69. The third-order valence-corrected chi connectivity index (χ3v) is 16.8. The number of aliphatic hydroxyl groups excluding tert-OH is 1. The van der Waals surface area contributed by atoms with E-state index >= 15 is 0 Å². The Kier molecular flexibility index (Phi) is 69.3. The fraction of sp³-hybridized carbons (Fsp3) is 0.590. The highest BCUT2D eigenvalue weighted by Crippen LogP contribution is 2.45. The second kappa shape index (κ2) is 73.5. The molecule has 0 spiro atoms. The van der Waals surface area contributed by atoms with Crippen molar-refractivity contribution in [3.63, 3.8) is 0 Å². The summed E-state index contributed by atoms with van der Waals surface area (Å²) in [7, 11) is -10.0. The van der Waals surface area contributed by atoms with Crippen molar-refractivity contribution >= 4 is 39.5 Å². The zero-order valence-corrected chi connectivity index (χ0v) is 64.5. The first-order valence-corrected chi connectivity index (χ1v) is 41.0. The number of phosphoric acid groups is 2. The molecule has 0 saturated heterocycles. The van der Waals surface area contributed by atoms with Crippen LogP contribution < -0.4 is 0 Å². The Morgan fingerprint density at radius 2 is 0.549 bits per heavy atom. The molecule has 0 aromatic rings. The van der Waals surface area contributed by atoms with Gasteiger partial charge in [-0.1, -0.05) is 261 Å². The minimum absolute atomic E-state index is 0.0297. The Morgan fingerprint density at radius 1 is 0.294 bits per heavy atom. The average molecular weight is 1460 g/mol. The maximum Gasteiger partial charge on any atom is 0.472 e. The van der Waals surface area contributed by atoms with Crippen LogP contribution in [0.15, 0.2) is 182 Å². The fourth-order valence-electron chi connectivity index (χ4n) is 9.19. The quantitative estimate of drug-likeness (QED) is 0.0169. The smallest absolute Gasteiger partial charge is 0.462 e. The van der Waals surface area contributed by atoms with E-state index in [1.165, 1.54) is 0 Å². The van der Waals surface area contributed by atoms with E-state index in [9.17, 15) is 43.2 Å². The normalized spacial score (nSPS) is 14.9. The number of hydrogen-bond acceptors (Lipinski definition) is 15. The summed E-state index contributed by atoms with van der Waals surface area (Å²) in [6.45, 7) is 4.23. The Balaban J connectivity index is 5.48. The molecule has 0 rings (SSSR count). The van der Waals surface area contributed by atoms with Crippen molar-refractivity contribution < 1.29 is 80.2 Å². The van der Waals surface area contributed by atoms with Crippen LogP contribution >= 0.6 is 15.6 Å². The molecule has 0 aliphatic rings. The Hall–Kier alpha value is -5.84. The first-order chi connectivity index (χ1) is 49.7. The second-order valence-electron chi connectivity index (χ2n) is 24.5. The van der Waals surface area contributed by atoms with Crippen molar-refractivity contribution in [2.75, 3.05) is 39.6 Å². The lowest BCUT2D eigenvalue weighted by Crippen LogP contribution is -2.30. The van der Waals surface area contributed by atoms with Crippen LogP contribution in [-0.4, -0.2) is 96.7 Å². The molecule has 0 radical (unpaired) electrons. The third-order valence-electron chi connectivity index (χ3n) is 14.9. The van der Waals surface area contributed by atoms with Gasteiger partial charge in [0.05, 0.1) is 32.8 Å². The highest BCUT2D eigenvalue weighted by atomic mass is 31.2. The molecule has 3 N–H and O–H groups in total. The van der Waals surface area contributed by atoms with Gasteiger partial charge < -0.3 is 33.8 Å². The third kappa shape index (κ3) is 72.5. The van der Waals surface area contributed by atoms with Gasteiger partial charge in [-0.15, -0.1) is 0 Å². The van der Waals surface area contributed by atoms with Gasteiger partial charge in [-0.2, -0.15) is 0 Å². The summed E-state index contributed by atoms with van der Waals surface area (Å²) < 4.78 is 68.3. The van der Waals surface area contributed by atoms with Crippen LogP contribution in [0.4, 0.5) is 0 Å². The molecule has 0 aliphatic carbocycles. The standard InChI is InChI=1S/C83H132O17P2/c1-5-9-13-17-21-25-29-33-36-37-38-39-42-45-48-52-56-60-64-68-81(86)94-74-79(100-83(88)70-66-62-58-54-50-46-41-35-31-27-23-19-15-11-7-3)76-98-102(91,92)96-72-77(84)71-95-101(89,90)97-75-78(99-82(87)69-65-61-57-53-49-43-32-28-24-20-16-12-8-4)73-93-80(85)67-63-59-55-51-47-44-40-34-30-26-22-18-14-10-6-2/h9-11,13-16,20-23,25-28,32-36,38-41,47,50-51,54,59,63,77-79,84H,5-8,12,17-19,24,29-31,37,42-46,48-49,52-53,55-58,60-62,64-76H2,1-4H3,(H,89,90)(H,91,92)/b13-9-,14-10-,15-11-,20-16-,25-21-,26-22-,27-23-,32-28-,36-33-,39-38-,40-34-,41-35-,51-47-,54-50-,63-59-. The molecule has 0 heterocycles. The van der Waals surface area contributed by atoms with Crippen LogP contribution in [-0.2, 0) is 65.4 Å². The average Bonchev–Trinajstić information content (AvgIpc) is 0.909. The van der Waals surface area contributed by atoms with Crippen molar-refractivity contribution in [3.8, 4) is 0 Å². The number of hydrogen-bond donors (Lipinski definition) is 3. The molecule has 0 saturated carbocycles. The zero-order valence-electron chi connectivity index (χ0n) is 62.7. The van der Waals surface area contributed by atoms with Gasteiger partial charge in [0.2, 0.25) is 0 Å². The number of ether oxygens (including phenoxy) is 4. The Morgan fingerprint density at radius 3 is 0.892 bits per heavy atom. The van der Waals surface area contributed by atoms with Gasteiger partial charge in [0.1, 0.15) is 19.3 Å². The molecule has 5 atom stereocenters. The minimum atomic E-state index is -5.01. The van der Waals surface area contributed by atoms with Crippen LogP contribution in [0.2, 0.25) is 0 Å². The molecular weight excluding hydrogens is 1330 g/mol. The summed E-state index contributed by atoms with van der Waals surface area (Å²) in [4.78, 5) is 72.8. The highest BCUT2D eigenvalue weighted by molar-refractivity contribution is 7.47. The predicted octanol–water partition coefficient (Wildman–Crippen LogP) is 22.0. The van der Waals surface area contributed by atoms with Crippen LogP contribution in [0, 0.1) is 0 Å². The van der Waals surface area contributed by atoms with Crippen molar-refractivity contribution in [3.05, 3.63) is 182 Å². The van der Waals surface area contributed by atoms with Crippen LogP contribution in [0.25, 0.3) is 0 Å². The number of carbonyl (C=O) groups excluding carboxylic acids is 4. The van der Waals surface area contributed by atoms with E-state index in [1.807, 2.05) is 18.2 Å². The highest BCUT2D eigenvalue weighted by Gasteiger charge is 2.30. The Labute approximate surface area is 615 Å². The van der Waals surface area contributed by atoms with E-state index in [2.05, 4.69) is 186 Å². The number of phosphoric ester groups is 2. The van der Waals surface area contributed by atoms with Crippen molar-refractivity contribution in [2.24, 2.45) is 0 Å². The van der Waals surface area contributed by atoms with Gasteiger partial charge >= 0.3 is 39.5 Å². The van der Waals surface area contributed by atoms with Crippen molar-refractivity contribution in [1.29, 1.82) is 0 Å². The lowest BCUT2D eigenvalue weighted by molar-refractivity contribution is -0.161. The molecule has 0 aromatic carbocycles. The lowest BCUT2D eigenvalue weighted by Gasteiger charge is -2.21. The first-order valence-electron chi connectivity index (χ1n) is 38.0.